The Morgan fingerprint density at radius 3 is 2.53 bits per heavy atom. The molecule has 2 aromatic carbocycles. The summed E-state index contributed by atoms with van der Waals surface area (Å²) in [6, 6.07) is 14.8. The molecule has 0 bridgehead atoms. The van der Waals surface area contributed by atoms with Crippen molar-refractivity contribution in [3.05, 3.63) is 59.3 Å². The zero-order valence-electron chi connectivity index (χ0n) is 17.7. The molecule has 4 rings (SSSR count). The first-order valence-corrected chi connectivity index (χ1v) is 10.6. The lowest BCUT2D eigenvalue weighted by atomic mass is 10.0. The van der Waals surface area contributed by atoms with Crippen LogP contribution in [0.15, 0.2) is 42.5 Å². The van der Waals surface area contributed by atoms with Crippen LogP contribution in [-0.2, 0) is 13.0 Å². The number of rotatable bonds is 6. The Hall–Kier alpha value is -3.10. The molecule has 5 nitrogen and oxygen atoms in total. The molecule has 0 spiro atoms. The quantitative estimate of drug-likeness (QED) is 0.627. The molecule has 0 aliphatic carbocycles. The van der Waals surface area contributed by atoms with Crippen molar-refractivity contribution in [3.63, 3.8) is 0 Å². The van der Waals surface area contributed by atoms with Crippen LogP contribution < -0.4 is 10.1 Å². The van der Waals surface area contributed by atoms with Gasteiger partial charge in [0.1, 0.15) is 5.75 Å². The number of hydrogen-bond donors (Lipinski definition) is 1. The van der Waals surface area contributed by atoms with Gasteiger partial charge in [0.25, 0.3) is 0 Å². The maximum absolute atomic E-state index is 5.45. The van der Waals surface area contributed by atoms with Gasteiger partial charge in [-0.15, -0.1) is 11.5 Å². The van der Waals surface area contributed by atoms with E-state index in [4.69, 9.17) is 11.2 Å². The number of hydrogen-bond acceptors (Lipinski definition) is 5. The number of anilines is 1. The van der Waals surface area contributed by atoms with Crippen LogP contribution >= 0.6 is 0 Å². The summed E-state index contributed by atoms with van der Waals surface area (Å²) in [5.41, 5.74) is 3.25. The number of aryl methyl sites for hydroxylation is 1. The monoisotopic (exact) mass is 400 g/mol. The molecule has 5 heteroatoms. The molecule has 0 amide bonds. The van der Waals surface area contributed by atoms with Gasteiger partial charge >= 0.3 is 0 Å². The lowest BCUT2D eigenvalue weighted by Crippen LogP contribution is -2.38. The predicted molar refractivity (Wildman–Crippen MR) is 122 cm³/mol. The molecule has 0 atom stereocenters. The maximum Gasteiger partial charge on any atom is 0.156 e. The third-order valence-electron chi connectivity index (χ3n) is 5.85. The number of nitrogens with one attached hydrogen (secondary N) is 1. The molecule has 2 heterocycles. The average molecular weight is 401 g/mol. The first-order valence-electron chi connectivity index (χ1n) is 10.6. The molecule has 154 valence electrons. The topological polar surface area (TPSA) is 50.3 Å². The van der Waals surface area contributed by atoms with E-state index in [1.54, 1.807) is 7.11 Å². The van der Waals surface area contributed by atoms with E-state index >= 15 is 0 Å². The van der Waals surface area contributed by atoms with E-state index in [0.29, 0.717) is 6.04 Å². The van der Waals surface area contributed by atoms with E-state index in [1.165, 1.54) is 5.56 Å². The number of aromatic nitrogens is 2. The fraction of sp³-hybridized carbons (Fsp3) is 0.360. The van der Waals surface area contributed by atoms with Crippen molar-refractivity contribution in [1.82, 2.24) is 15.1 Å². The van der Waals surface area contributed by atoms with Gasteiger partial charge in [-0.25, -0.2) is 0 Å². The van der Waals surface area contributed by atoms with Crippen molar-refractivity contribution in [2.24, 2.45) is 0 Å². The summed E-state index contributed by atoms with van der Waals surface area (Å²) < 4.78 is 5.43. The molecular weight excluding hydrogens is 372 g/mol. The van der Waals surface area contributed by atoms with Gasteiger partial charge in [0, 0.05) is 42.0 Å². The number of fused-ring (bicyclic) bond motifs is 1. The molecule has 0 unspecified atom stereocenters. The normalized spacial score (nSPS) is 15.1. The number of ether oxygens (including phenoxy) is 1. The van der Waals surface area contributed by atoms with Crippen LogP contribution in [0.4, 0.5) is 5.82 Å². The van der Waals surface area contributed by atoms with Crippen molar-refractivity contribution in [1.29, 1.82) is 0 Å². The van der Waals surface area contributed by atoms with Gasteiger partial charge in [-0.3, -0.25) is 4.90 Å². The standard InChI is InChI=1S/C25H28N4O/c1-4-18-6-8-19(9-7-18)17-29-14-12-20(13-15-29)26-25-23-16-21(30-3)10-11-22(23)24(5-2)27-28-25/h1,6-11,16,20H,5,12-15,17H2,2-3H3,(H,26,28). The number of likely N-dealkylation sites (tertiary alicyclic amines) is 1. The summed E-state index contributed by atoms with van der Waals surface area (Å²) in [5, 5.41) is 14.8. The molecule has 1 aromatic heterocycles. The van der Waals surface area contributed by atoms with Crippen molar-refractivity contribution in [3.8, 4) is 18.1 Å². The van der Waals surface area contributed by atoms with Gasteiger partial charge in [0.2, 0.25) is 0 Å². The smallest absolute Gasteiger partial charge is 0.156 e. The third kappa shape index (κ3) is 4.39. The minimum absolute atomic E-state index is 0.390. The largest absolute Gasteiger partial charge is 0.497 e. The van der Waals surface area contributed by atoms with Gasteiger partial charge in [-0.1, -0.05) is 25.0 Å². The number of terminal acetylenes is 1. The second-order valence-corrected chi connectivity index (χ2v) is 7.80. The lowest BCUT2D eigenvalue weighted by Gasteiger charge is -2.32. The SMILES string of the molecule is C#Cc1ccc(CN2CCC(Nc3nnc(CC)c4ccc(OC)cc34)CC2)cc1. The molecule has 1 aliphatic heterocycles. The van der Waals surface area contributed by atoms with E-state index in [2.05, 4.69) is 57.5 Å². The van der Waals surface area contributed by atoms with Crippen molar-refractivity contribution in [2.45, 2.75) is 38.8 Å². The first-order chi connectivity index (χ1) is 14.7. The molecule has 3 aromatic rings. The fourth-order valence-electron chi connectivity index (χ4n) is 4.08. The van der Waals surface area contributed by atoms with Crippen molar-refractivity contribution in [2.75, 3.05) is 25.5 Å². The lowest BCUT2D eigenvalue weighted by molar-refractivity contribution is 0.211. The molecule has 1 saturated heterocycles. The van der Waals surface area contributed by atoms with Gasteiger partial charge in [0.05, 0.1) is 12.8 Å². The Bertz CT molecular complexity index is 1050. The van der Waals surface area contributed by atoms with Crippen LogP contribution in [0, 0.1) is 12.3 Å². The highest BCUT2D eigenvalue weighted by Gasteiger charge is 2.21. The highest BCUT2D eigenvalue weighted by molar-refractivity contribution is 5.94. The van der Waals surface area contributed by atoms with Crippen LogP contribution in [0.5, 0.6) is 5.75 Å². The summed E-state index contributed by atoms with van der Waals surface area (Å²) in [4.78, 5) is 2.50. The highest BCUT2D eigenvalue weighted by atomic mass is 16.5. The summed E-state index contributed by atoms with van der Waals surface area (Å²) >= 11 is 0. The van der Waals surface area contributed by atoms with Crippen LogP contribution in [0.3, 0.4) is 0 Å². The van der Waals surface area contributed by atoms with Gasteiger partial charge in [-0.05, 0) is 55.2 Å². The number of piperidine rings is 1. The average Bonchev–Trinajstić information content (AvgIpc) is 2.80. The van der Waals surface area contributed by atoms with Crippen LogP contribution in [0.2, 0.25) is 0 Å². The van der Waals surface area contributed by atoms with Crippen molar-refractivity contribution >= 4 is 16.6 Å². The number of nitrogens with zero attached hydrogens (tertiary/aromatic N) is 3. The van der Waals surface area contributed by atoms with E-state index < -0.39 is 0 Å². The summed E-state index contributed by atoms with van der Waals surface area (Å²) in [5.74, 6) is 4.36. The van der Waals surface area contributed by atoms with Crippen LogP contribution in [-0.4, -0.2) is 41.3 Å². The zero-order chi connectivity index (χ0) is 20.9. The Balaban J connectivity index is 1.42. The number of methoxy groups -OCH3 is 1. The Morgan fingerprint density at radius 2 is 1.87 bits per heavy atom. The molecular formula is C25H28N4O. The van der Waals surface area contributed by atoms with E-state index in [9.17, 15) is 0 Å². The molecule has 0 saturated carbocycles. The number of benzene rings is 2. The zero-order valence-corrected chi connectivity index (χ0v) is 17.7. The summed E-state index contributed by atoms with van der Waals surface area (Å²) in [6.45, 7) is 5.17. The molecule has 1 fully saturated rings. The van der Waals surface area contributed by atoms with E-state index in [0.717, 1.165) is 72.5 Å². The van der Waals surface area contributed by atoms with Gasteiger partial charge < -0.3 is 10.1 Å². The molecule has 1 N–H and O–H groups in total. The Morgan fingerprint density at radius 1 is 1.10 bits per heavy atom. The predicted octanol–water partition coefficient (Wildman–Crippen LogP) is 4.26. The Labute approximate surface area is 178 Å². The minimum atomic E-state index is 0.390. The first kappa shape index (κ1) is 20.2. The summed E-state index contributed by atoms with van der Waals surface area (Å²) in [6.07, 6.45) is 8.45. The Kier molecular flexibility index (Phi) is 6.15. The van der Waals surface area contributed by atoms with Crippen LogP contribution in [0.1, 0.15) is 36.6 Å². The van der Waals surface area contributed by atoms with Gasteiger partial charge in [0.15, 0.2) is 5.82 Å². The highest BCUT2D eigenvalue weighted by Crippen LogP contribution is 2.29. The molecule has 0 radical (unpaired) electrons. The fourth-order valence-corrected chi connectivity index (χ4v) is 4.08. The van der Waals surface area contributed by atoms with E-state index in [1.807, 2.05) is 18.2 Å². The van der Waals surface area contributed by atoms with E-state index in [-0.39, 0.29) is 0 Å². The molecule has 1 aliphatic rings. The third-order valence-corrected chi connectivity index (χ3v) is 5.85. The summed E-state index contributed by atoms with van der Waals surface area (Å²) in [7, 11) is 1.69. The minimum Gasteiger partial charge on any atom is -0.497 e. The van der Waals surface area contributed by atoms with Crippen LogP contribution in [0.25, 0.3) is 10.8 Å². The van der Waals surface area contributed by atoms with Gasteiger partial charge in [-0.2, -0.15) is 5.10 Å². The second kappa shape index (κ2) is 9.15. The van der Waals surface area contributed by atoms with Crippen molar-refractivity contribution < 1.29 is 4.74 Å². The second-order valence-electron chi connectivity index (χ2n) is 7.80. The maximum atomic E-state index is 5.45. The molecule has 30 heavy (non-hydrogen) atoms.